The molecule has 0 spiro atoms. The lowest BCUT2D eigenvalue weighted by molar-refractivity contribution is -0.387. The second kappa shape index (κ2) is 4.65. The maximum absolute atomic E-state index is 12.5. The Balaban J connectivity index is 3.54. The number of ketones is 1. The molecule has 0 fully saturated rings. The third-order valence-electron chi connectivity index (χ3n) is 1.94. The number of nitro groups is 1. The highest BCUT2D eigenvalue weighted by Gasteiger charge is 2.27. The van der Waals surface area contributed by atoms with Crippen molar-refractivity contribution < 1.29 is 18.5 Å². The number of carbonyl (C=O) groups is 1. The van der Waals surface area contributed by atoms with Gasteiger partial charge in [0.25, 0.3) is 12.1 Å². The van der Waals surface area contributed by atoms with Gasteiger partial charge in [0.1, 0.15) is 4.47 Å². The van der Waals surface area contributed by atoms with E-state index in [1.807, 2.05) is 0 Å². The van der Waals surface area contributed by atoms with Crippen LogP contribution in [0.3, 0.4) is 0 Å². The molecule has 0 bridgehead atoms. The van der Waals surface area contributed by atoms with E-state index in [1.54, 1.807) is 0 Å². The Labute approximate surface area is 97.5 Å². The van der Waals surface area contributed by atoms with Gasteiger partial charge >= 0.3 is 0 Å². The number of nitrogens with zero attached hydrogens (tertiary/aromatic N) is 1. The van der Waals surface area contributed by atoms with Crippen molar-refractivity contribution in [2.75, 3.05) is 0 Å². The fourth-order valence-electron chi connectivity index (χ4n) is 1.21. The fraction of sp³-hybridized carbons (Fsp3) is 0.222. The summed E-state index contributed by atoms with van der Waals surface area (Å²) < 4.78 is 24.8. The molecule has 0 amide bonds. The van der Waals surface area contributed by atoms with E-state index < -0.39 is 28.4 Å². The fourth-order valence-corrected chi connectivity index (χ4v) is 2.00. The molecule has 0 aromatic heterocycles. The number of rotatable bonds is 3. The van der Waals surface area contributed by atoms with Gasteiger partial charge in [-0.25, -0.2) is 8.78 Å². The maximum atomic E-state index is 12.5. The first-order valence-corrected chi connectivity index (χ1v) is 4.91. The Morgan fingerprint density at radius 2 is 2.06 bits per heavy atom. The number of Topliss-reactive ketones (excluding diaryl/α,β-unsaturated/α-hetero) is 1. The minimum Gasteiger partial charge on any atom is -0.294 e. The summed E-state index contributed by atoms with van der Waals surface area (Å²) in [5.41, 5.74) is -1.46. The van der Waals surface area contributed by atoms with Crippen LogP contribution in [0.2, 0.25) is 0 Å². The minimum absolute atomic E-state index is 0.0103. The molecule has 0 aliphatic carbocycles. The van der Waals surface area contributed by atoms with Gasteiger partial charge in [-0.3, -0.25) is 14.9 Å². The third-order valence-corrected chi connectivity index (χ3v) is 2.75. The molecule has 86 valence electrons. The molecule has 0 heterocycles. The molecule has 1 aromatic rings. The Morgan fingerprint density at radius 1 is 1.50 bits per heavy atom. The molecule has 0 atom stereocenters. The summed E-state index contributed by atoms with van der Waals surface area (Å²) in [5, 5.41) is 10.7. The van der Waals surface area contributed by atoms with E-state index in [1.165, 1.54) is 6.92 Å². The number of carbonyl (C=O) groups excluding carboxylic acids is 1. The normalized spacial score (nSPS) is 10.6. The molecule has 0 radical (unpaired) electrons. The van der Waals surface area contributed by atoms with Crippen LogP contribution in [0.1, 0.15) is 29.3 Å². The average molecular weight is 294 g/mol. The van der Waals surface area contributed by atoms with Crippen LogP contribution in [-0.4, -0.2) is 10.7 Å². The highest BCUT2D eigenvalue weighted by Crippen LogP contribution is 2.37. The number of alkyl halides is 2. The molecule has 0 aliphatic rings. The van der Waals surface area contributed by atoms with Gasteiger partial charge in [0, 0.05) is 5.56 Å². The van der Waals surface area contributed by atoms with Gasteiger partial charge in [0.05, 0.1) is 10.5 Å². The Hall–Kier alpha value is -1.37. The third kappa shape index (κ3) is 2.24. The first-order chi connectivity index (χ1) is 7.36. The smallest absolute Gasteiger partial charge is 0.293 e. The first kappa shape index (κ1) is 12.7. The molecule has 16 heavy (non-hydrogen) atoms. The van der Waals surface area contributed by atoms with Gasteiger partial charge < -0.3 is 0 Å². The van der Waals surface area contributed by atoms with Crippen molar-refractivity contribution in [3.8, 4) is 0 Å². The summed E-state index contributed by atoms with van der Waals surface area (Å²) in [7, 11) is 0. The summed E-state index contributed by atoms with van der Waals surface area (Å²) >= 11 is 2.81. The van der Waals surface area contributed by atoms with Crippen molar-refractivity contribution in [3.05, 3.63) is 37.8 Å². The molecule has 1 aromatic carbocycles. The zero-order chi connectivity index (χ0) is 12.5. The lowest BCUT2D eigenvalue weighted by Crippen LogP contribution is -2.02. The quantitative estimate of drug-likeness (QED) is 0.487. The zero-order valence-electron chi connectivity index (χ0n) is 8.04. The monoisotopic (exact) mass is 293 g/mol. The van der Waals surface area contributed by atoms with Crippen molar-refractivity contribution in [2.45, 2.75) is 13.3 Å². The molecule has 1 rings (SSSR count). The molecule has 0 unspecified atom stereocenters. The van der Waals surface area contributed by atoms with Crippen molar-refractivity contribution >= 4 is 27.4 Å². The molecule has 0 saturated carbocycles. The number of nitro benzene ring substituents is 1. The van der Waals surface area contributed by atoms with E-state index >= 15 is 0 Å². The van der Waals surface area contributed by atoms with Gasteiger partial charge in [-0.2, -0.15) is 0 Å². The SMILES string of the molecule is CC(=O)c1ccc(C(F)F)c([N+](=O)[O-])c1Br. The van der Waals surface area contributed by atoms with E-state index in [2.05, 4.69) is 15.9 Å². The molecular weight excluding hydrogens is 288 g/mol. The summed E-state index contributed by atoms with van der Waals surface area (Å²) in [6, 6.07) is 2.03. The molecule has 4 nitrogen and oxygen atoms in total. The standard InChI is InChI=1S/C9H6BrF2NO3/c1-4(14)5-2-3-6(9(11)12)8(7(5)10)13(15)16/h2-3,9H,1H3. The summed E-state index contributed by atoms with van der Waals surface area (Å²) in [5.74, 6) is -0.434. The second-order valence-electron chi connectivity index (χ2n) is 2.98. The summed E-state index contributed by atoms with van der Waals surface area (Å²) in [6.07, 6.45) is -2.96. The second-order valence-corrected chi connectivity index (χ2v) is 3.77. The molecule has 0 N–H and O–H groups in total. The van der Waals surface area contributed by atoms with Crippen molar-refractivity contribution in [2.24, 2.45) is 0 Å². The van der Waals surface area contributed by atoms with Crippen LogP contribution in [0.5, 0.6) is 0 Å². The highest BCUT2D eigenvalue weighted by molar-refractivity contribution is 9.10. The van der Waals surface area contributed by atoms with Gasteiger partial charge in [0.2, 0.25) is 0 Å². The Kier molecular flexibility index (Phi) is 3.69. The van der Waals surface area contributed by atoms with Crippen LogP contribution in [-0.2, 0) is 0 Å². The molecule has 7 heteroatoms. The van der Waals surface area contributed by atoms with Gasteiger partial charge in [-0.05, 0) is 35.0 Å². The number of benzene rings is 1. The van der Waals surface area contributed by atoms with Gasteiger partial charge in [-0.1, -0.05) is 0 Å². The van der Waals surface area contributed by atoms with Gasteiger partial charge in [0.15, 0.2) is 5.78 Å². The van der Waals surface area contributed by atoms with Crippen molar-refractivity contribution in [3.63, 3.8) is 0 Å². The molecule has 0 saturated heterocycles. The van der Waals surface area contributed by atoms with Crippen LogP contribution in [0.15, 0.2) is 16.6 Å². The first-order valence-electron chi connectivity index (χ1n) is 4.12. The summed E-state index contributed by atoms with van der Waals surface area (Å²) in [4.78, 5) is 20.8. The van der Waals surface area contributed by atoms with Crippen LogP contribution < -0.4 is 0 Å². The van der Waals surface area contributed by atoms with E-state index in [4.69, 9.17) is 0 Å². The van der Waals surface area contributed by atoms with E-state index in [0.29, 0.717) is 0 Å². The maximum Gasteiger partial charge on any atom is 0.293 e. The van der Waals surface area contributed by atoms with Crippen LogP contribution in [0, 0.1) is 10.1 Å². The molecule has 0 aliphatic heterocycles. The highest BCUT2D eigenvalue weighted by atomic mass is 79.9. The lowest BCUT2D eigenvalue weighted by Gasteiger charge is -2.06. The van der Waals surface area contributed by atoms with Crippen LogP contribution in [0.4, 0.5) is 14.5 Å². The zero-order valence-corrected chi connectivity index (χ0v) is 9.62. The number of halogens is 3. The van der Waals surface area contributed by atoms with E-state index in [9.17, 15) is 23.7 Å². The predicted octanol–water partition coefficient (Wildman–Crippen LogP) is 3.50. The number of hydrogen-bond donors (Lipinski definition) is 0. The average Bonchev–Trinajstić information content (AvgIpc) is 2.15. The topological polar surface area (TPSA) is 60.2 Å². The van der Waals surface area contributed by atoms with Crippen LogP contribution >= 0.6 is 15.9 Å². The van der Waals surface area contributed by atoms with E-state index in [-0.39, 0.29) is 10.0 Å². The lowest BCUT2D eigenvalue weighted by atomic mass is 10.1. The largest absolute Gasteiger partial charge is 0.294 e. The van der Waals surface area contributed by atoms with Gasteiger partial charge in [-0.15, -0.1) is 0 Å². The molecular formula is C9H6BrF2NO3. The summed E-state index contributed by atoms with van der Waals surface area (Å²) in [6.45, 7) is 1.20. The van der Waals surface area contributed by atoms with Crippen molar-refractivity contribution in [1.82, 2.24) is 0 Å². The van der Waals surface area contributed by atoms with Crippen LogP contribution in [0.25, 0.3) is 0 Å². The van der Waals surface area contributed by atoms with Crippen molar-refractivity contribution in [1.29, 1.82) is 0 Å². The predicted molar refractivity (Wildman–Crippen MR) is 55.8 cm³/mol. The van der Waals surface area contributed by atoms with E-state index in [0.717, 1.165) is 12.1 Å². The minimum atomic E-state index is -2.96. The Morgan fingerprint density at radius 3 is 2.44 bits per heavy atom. The Bertz CT molecular complexity index is 462. The number of hydrogen-bond acceptors (Lipinski definition) is 3.